The molecule has 0 saturated carbocycles. The van der Waals surface area contributed by atoms with Crippen LogP contribution in [0, 0.1) is 21.4 Å². The molecule has 0 bridgehead atoms. The minimum atomic E-state index is -0.602. The van der Waals surface area contributed by atoms with Crippen LogP contribution in [0.5, 0.6) is 0 Å². The fraction of sp³-hybridized carbons (Fsp3) is 0.385. The normalized spacial score (nSPS) is 9.58. The van der Waals surface area contributed by atoms with E-state index >= 15 is 0 Å². The molecule has 102 valence electrons. The first-order chi connectivity index (χ1) is 8.88. The number of carbonyl (C=O) groups is 1. The van der Waals surface area contributed by atoms with E-state index in [0.29, 0.717) is 13.1 Å². The van der Waals surface area contributed by atoms with Gasteiger partial charge in [0.15, 0.2) is 0 Å². The summed E-state index contributed by atoms with van der Waals surface area (Å²) in [6, 6.07) is 8.18. The van der Waals surface area contributed by atoms with Gasteiger partial charge in [-0.2, -0.15) is 5.26 Å². The van der Waals surface area contributed by atoms with Crippen molar-refractivity contribution in [3.05, 3.63) is 39.9 Å². The summed E-state index contributed by atoms with van der Waals surface area (Å²) in [5.41, 5.74) is 0.225. The van der Waals surface area contributed by atoms with Crippen LogP contribution in [0.15, 0.2) is 24.3 Å². The molecule has 19 heavy (non-hydrogen) atoms. The Labute approximate surface area is 111 Å². The number of hydrogen-bond acceptors (Lipinski definition) is 5. The molecule has 1 aromatic rings. The van der Waals surface area contributed by atoms with Crippen molar-refractivity contribution in [2.75, 3.05) is 6.61 Å². The van der Waals surface area contributed by atoms with Gasteiger partial charge < -0.3 is 4.74 Å². The van der Waals surface area contributed by atoms with Crippen molar-refractivity contribution in [3.8, 4) is 6.07 Å². The second kappa shape index (κ2) is 7.82. The van der Waals surface area contributed by atoms with Gasteiger partial charge in [-0.25, -0.2) is 0 Å². The molecule has 0 aliphatic rings. The molecule has 0 amide bonds. The molecule has 0 N–H and O–H groups in total. The monoisotopic (exact) mass is 264 g/mol. The summed E-state index contributed by atoms with van der Waals surface area (Å²) in [6.45, 7) is 6.21. The molecule has 0 atom stereocenters. The molecule has 0 aromatic heterocycles. The Morgan fingerprint density at radius 2 is 1.95 bits per heavy atom. The van der Waals surface area contributed by atoms with Gasteiger partial charge in [0.1, 0.15) is 0 Å². The van der Waals surface area contributed by atoms with Crippen LogP contribution in [-0.2, 0) is 14.9 Å². The molecule has 0 spiro atoms. The second-order valence-corrected chi connectivity index (χ2v) is 4.09. The van der Waals surface area contributed by atoms with Gasteiger partial charge in [0.05, 0.1) is 23.0 Å². The molecule has 0 aliphatic heterocycles. The van der Waals surface area contributed by atoms with E-state index in [0.717, 1.165) is 5.56 Å². The van der Waals surface area contributed by atoms with Crippen LogP contribution >= 0.6 is 0 Å². The van der Waals surface area contributed by atoms with E-state index in [4.69, 9.17) is 5.26 Å². The van der Waals surface area contributed by atoms with Crippen LogP contribution in [0.3, 0.4) is 0 Å². The topological polar surface area (TPSA) is 93.2 Å². The summed E-state index contributed by atoms with van der Waals surface area (Å²) in [6.07, 6.45) is 0. The summed E-state index contributed by atoms with van der Waals surface area (Å²) in [5.74, 6) is 0. The van der Waals surface area contributed by atoms with E-state index in [9.17, 15) is 14.9 Å². The number of nitrogens with zero attached hydrogens (tertiary/aromatic N) is 2. The minimum Gasteiger partial charge on any atom is -0.468 e. The van der Waals surface area contributed by atoms with Gasteiger partial charge in [-0.15, -0.1) is 0 Å². The maximum absolute atomic E-state index is 10.4. The molecular weight excluding hydrogens is 248 g/mol. The van der Waals surface area contributed by atoms with Crippen LogP contribution in [0.1, 0.15) is 26.3 Å². The zero-order valence-electron chi connectivity index (χ0n) is 11.1. The van der Waals surface area contributed by atoms with E-state index in [1.54, 1.807) is 32.9 Å². The minimum absolute atomic E-state index is 0.0440. The summed E-state index contributed by atoms with van der Waals surface area (Å²) >= 11 is 0. The highest BCUT2D eigenvalue weighted by molar-refractivity contribution is 5.38. The molecule has 0 fully saturated rings. The van der Waals surface area contributed by atoms with E-state index in [1.165, 1.54) is 12.1 Å². The van der Waals surface area contributed by atoms with Gasteiger partial charge in [-0.1, -0.05) is 12.1 Å². The van der Waals surface area contributed by atoms with Gasteiger partial charge in [-0.05, 0) is 26.3 Å². The second-order valence-electron chi connectivity index (χ2n) is 4.09. The molecule has 0 saturated heterocycles. The zero-order valence-corrected chi connectivity index (χ0v) is 11.1. The number of nitro benzene ring substituents is 1. The maximum Gasteiger partial charge on any atom is 0.293 e. The van der Waals surface area contributed by atoms with Crippen LogP contribution in [-0.4, -0.2) is 18.0 Å². The molecule has 0 radical (unpaired) electrons. The number of carbonyl (C=O) groups excluding carboxylic acids is 1. The Hall–Kier alpha value is -2.42. The zero-order chi connectivity index (χ0) is 14.9. The Morgan fingerprint density at radius 1 is 1.42 bits per heavy atom. The first kappa shape index (κ1) is 16.6. The van der Waals surface area contributed by atoms with Crippen LogP contribution in [0.4, 0.5) is 5.69 Å². The number of nitriles is 1. The third-order valence-electron chi connectivity index (χ3n) is 2.31. The Bertz CT molecular complexity index is 461. The third kappa shape index (κ3) is 5.64. The number of nitro groups is 1. The summed E-state index contributed by atoms with van der Waals surface area (Å²) < 4.78 is 4.15. The van der Waals surface area contributed by atoms with Crippen molar-refractivity contribution in [2.45, 2.75) is 26.2 Å². The molecule has 1 rings (SSSR count). The Kier molecular flexibility index (Phi) is 6.82. The third-order valence-corrected chi connectivity index (χ3v) is 2.31. The fourth-order valence-corrected chi connectivity index (χ4v) is 1.13. The first-order valence-electron chi connectivity index (χ1n) is 5.60. The SMILES string of the molecule is CC(C)(C#N)c1ccc([N+](=O)[O-])cc1.CCOC=O. The van der Waals surface area contributed by atoms with E-state index in [-0.39, 0.29) is 5.69 Å². The van der Waals surface area contributed by atoms with E-state index < -0.39 is 10.3 Å². The quantitative estimate of drug-likeness (QED) is 0.473. The maximum atomic E-state index is 10.4. The number of hydrogen-bond donors (Lipinski definition) is 0. The van der Waals surface area contributed by atoms with E-state index in [2.05, 4.69) is 10.8 Å². The van der Waals surface area contributed by atoms with Crippen molar-refractivity contribution in [1.82, 2.24) is 0 Å². The lowest BCUT2D eigenvalue weighted by atomic mass is 9.86. The van der Waals surface area contributed by atoms with Crippen molar-refractivity contribution in [3.63, 3.8) is 0 Å². The lowest BCUT2D eigenvalue weighted by Crippen LogP contribution is -2.13. The lowest BCUT2D eigenvalue weighted by molar-refractivity contribution is -0.384. The molecule has 6 nitrogen and oxygen atoms in total. The lowest BCUT2D eigenvalue weighted by Gasteiger charge is -2.14. The average molecular weight is 264 g/mol. The van der Waals surface area contributed by atoms with Crippen LogP contribution < -0.4 is 0 Å². The summed E-state index contributed by atoms with van der Waals surface area (Å²) in [7, 11) is 0. The van der Waals surface area contributed by atoms with Crippen LogP contribution in [0.25, 0.3) is 0 Å². The standard InChI is InChI=1S/C10H10N2O2.C3H6O2/c1-10(2,7-11)8-3-5-9(6-4-8)12(13)14;1-2-5-3-4/h3-6H,1-2H3;3H,2H2,1H3. The first-order valence-corrected chi connectivity index (χ1v) is 5.60. The summed E-state index contributed by atoms with van der Waals surface area (Å²) in [4.78, 5) is 19.1. The number of non-ortho nitro benzene ring substituents is 1. The Balaban J connectivity index is 0.000000555. The molecule has 0 heterocycles. The number of ether oxygens (including phenoxy) is 1. The number of rotatable bonds is 4. The fourth-order valence-electron chi connectivity index (χ4n) is 1.13. The average Bonchev–Trinajstić information content (AvgIpc) is 2.40. The molecule has 1 aromatic carbocycles. The van der Waals surface area contributed by atoms with Crippen molar-refractivity contribution < 1.29 is 14.5 Å². The van der Waals surface area contributed by atoms with E-state index in [1.807, 2.05) is 0 Å². The highest BCUT2D eigenvalue weighted by Crippen LogP contribution is 2.23. The van der Waals surface area contributed by atoms with Gasteiger partial charge in [0.2, 0.25) is 0 Å². The number of benzene rings is 1. The van der Waals surface area contributed by atoms with Gasteiger partial charge >= 0.3 is 0 Å². The van der Waals surface area contributed by atoms with Gasteiger partial charge in [-0.3, -0.25) is 14.9 Å². The van der Waals surface area contributed by atoms with Crippen molar-refractivity contribution in [1.29, 1.82) is 5.26 Å². The predicted octanol–water partition coefficient (Wildman–Crippen LogP) is 2.58. The smallest absolute Gasteiger partial charge is 0.293 e. The molecule has 0 unspecified atom stereocenters. The molecular formula is C13H16N2O4. The van der Waals surface area contributed by atoms with Gasteiger partial charge in [0.25, 0.3) is 12.2 Å². The van der Waals surface area contributed by atoms with Crippen molar-refractivity contribution >= 4 is 12.2 Å². The van der Waals surface area contributed by atoms with Gasteiger partial charge in [0, 0.05) is 12.1 Å². The molecule has 0 aliphatic carbocycles. The highest BCUT2D eigenvalue weighted by Gasteiger charge is 2.20. The highest BCUT2D eigenvalue weighted by atomic mass is 16.6. The largest absolute Gasteiger partial charge is 0.468 e. The molecule has 6 heteroatoms. The van der Waals surface area contributed by atoms with Crippen molar-refractivity contribution in [2.24, 2.45) is 0 Å². The Morgan fingerprint density at radius 3 is 2.21 bits per heavy atom. The summed E-state index contributed by atoms with van der Waals surface area (Å²) in [5, 5.41) is 19.2. The predicted molar refractivity (Wildman–Crippen MR) is 69.4 cm³/mol. The van der Waals surface area contributed by atoms with Crippen LogP contribution in [0.2, 0.25) is 0 Å².